The van der Waals surface area contributed by atoms with E-state index in [1.54, 1.807) is 11.8 Å². The van der Waals surface area contributed by atoms with Crippen LogP contribution in [0.4, 0.5) is 0 Å². The molecule has 1 aliphatic rings. The molecule has 0 spiro atoms. The van der Waals surface area contributed by atoms with Crippen molar-refractivity contribution in [1.82, 2.24) is 4.90 Å². The Bertz CT molecular complexity index is 488. The number of carbonyl (C=O) groups excluding carboxylic acids is 1. The first kappa shape index (κ1) is 14.5. The highest BCUT2D eigenvalue weighted by Gasteiger charge is 2.34. The summed E-state index contributed by atoms with van der Waals surface area (Å²) in [5.74, 6) is -1.37. The number of carboxylic acid groups (broad SMARTS) is 1. The molecule has 0 bridgehead atoms. The highest BCUT2D eigenvalue weighted by atomic mass is 16.5. The van der Waals surface area contributed by atoms with Crippen molar-refractivity contribution in [1.29, 1.82) is 0 Å². The molecule has 1 aromatic carbocycles. The molecule has 108 valence electrons. The van der Waals surface area contributed by atoms with E-state index in [1.165, 1.54) is 0 Å². The minimum Gasteiger partial charge on any atom is -0.479 e. The maximum Gasteiger partial charge on any atom is 0.334 e. The lowest BCUT2D eigenvalue weighted by atomic mass is 9.99. The molecule has 1 amide bonds. The van der Waals surface area contributed by atoms with Crippen LogP contribution in [0.1, 0.15) is 25.3 Å². The van der Waals surface area contributed by atoms with Gasteiger partial charge in [-0.25, -0.2) is 4.79 Å². The Hall–Kier alpha value is -1.88. The topological polar surface area (TPSA) is 66.8 Å². The first-order valence-electron chi connectivity index (χ1n) is 6.71. The molecular formula is C15H19NO4. The average Bonchev–Trinajstić information content (AvgIpc) is 2.46. The van der Waals surface area contributed by atoms with Crippen LogP contribution in [0, 0.1) is 0 Å². The van der Waals surface area contributed by atoms with Gasteiger partial charge in [-0.05, 0) is 19.4 Å². The third-order valence-electron chi connectivity index (χ3n) is 3.52. The molecule has 0 saturated carbocycles. The van der Waals surface area contributed by atoms with E-state index in [1.807, 2.05) is 37.3 Å². The van der Waals surface area contributed by atoms with Gasteiger partial charge in [0.1, 0.15) is 0 Å². The highest BCUT2D eigenvalue weighted by Crippen LogP contribution is 2.21. The maximum atomic E-state index is 12.5. The van der Waals surface area contributed by atoms with Gasteiger partial charge in [0.2, 0.25) is 5.91 Å². The smallest absolute Gasteiger partial charge is 0.334 e. The van der Waals surface area contributed by atoms with Gasteiger partial charge in [-0.3, -0.25) is 4.79 Å². The largest absolute Gasteiger partial charge is 0.479 e. The van der Waals surface area contributed by atoms with Crippen molar-refractivity contribution in [3.8, 4) is 0 Å². The lowest BCUT2D eigenvalue weighted by Crippen LogP contribution is -2.52. The molecule has 1 aromatic rings. The molecule has 1 saturated heterocycles. The molecule has 1 heterocycles. The molecule has 0 aliphatic carbocycles. The normalized spacial score (nSPS) is 24.2. The van der Waals surface area contributed by atoms with E-state index in [0.29, 0.717) is 6.54 Å². The predicted octanol–water partition coefficient (Wildman–Crippen LogP) is 1.49. The summed E-state index contributed by atoms with van der Waals surface area (Å²) in [4.78, 5) is 25.1. The standard InChI is InChI=1S/C15H19NO4/c1-10-8-16(9-13(20-10)15(18)19)14(17)11(2)12-6-4-3-5-7-12/h3-7,10-11,13H,8-9H2,1-2H3,(H,18,19)/t10-,11+,13?/m1/s1. The van der Waals surface area contributed by atoms with Gasteiger partial charge in [0.15, 0.2) is 6.10 Å². The number of benzene rings is 1. The number of hydrogen-bond donors (Lipinski definition) is 1. The van der Waals surface area contributed by atoms with E-state index in [0.717, 1.165) is 5.56 Å². The van der Waals surface area contributed by atoms with Gasteiger partial charge < -0.3 is 14.7 Å². The van der Waals surface area contributed by atoms with E-state index in [2.05, 4.69) is 0 Å². The maximum absolute atomic E-state index is 12.5. The zero-order chi connectivity index (χ0) is 14.7. The minimum absolute atomic E-state index is 0.0578. The Morgan fingerprint density at radius 2 is 1.95 bits per heavy atom. The molecule has 0 aromatic heterocycles. The summed E-state index contributed by atoms with van der Waals surface area (Å²) in [5.41, 5.74) is 0.934. The Kier molecular flexibility index (Phi) is 4.39. The summed E-state index contributed by atoms with van der Waals surface area (Å²) in [6, 6.07) is 9.49. The Morgan fingerprint density at radius 1 is 1.30 bits per heavy atom. The first-order chi connectivity index (χ1) is 9.49. The summed E-state index contributed by atoms with van der Waals surface area (Å²) in [6.45, 7) is 4.16. The second-order valence-electron chi connectivity index (χ2n) is 5.15. The Balaban J connectivity index is 2.10. The summed E-state index contributed by atoms with van der Waals surface area (Å²) in [6.07, 6.45) is -1.21. The van der Waals surface area contributed by atoms with Crippen LogP contribution in [0.3, 0.4) is 0 Å². The van der Waals surface area contributed by atoms with E-state index in [9.17, 15) is 9.59 Å². The van der Waals surface area contributed by atoms with Crippen LogP contribution in [-0.2, 0) is 14.3 Å². The van der Waals surface area contributed by atoms with Crippen LogP contribution in [0.2, 0.25) is 0 Å². The highest BCUT2D eigenvalue weighted by molar-refractivity contribution is 5.84. The first-order valence-corrected chi connectivity index (χ1v) is 6.71. The third-order valence-corrected chi connectivity index (χ3v) is 3.52. The molecular weight excluding hydrogens is 258 g/mol. The van der Waals surface area contributed by atoms with E-state index in [4.69, 9.17) is 9.84 Å². The van der Waals surface area contributed by atoms with Crippen LogP contribution >= 0.6 is 0 Å². The van der Waals surface area contributed by atoms with Gasteiger partial charge in [0.05, 0.1) is 18.6 Å². The number of carbonyl (C=O) groups is 2. The fourth-order valence-electron chi connectivity index (χ4n) is 2.43. The summed E-state index contributed by atoms with van der Waals surface area (Å²) < 4.78 is 5.32. The number of amides is 1. The average molecular weight is 277 g/mol. The zero-order valence-electron chi connectivity index (χ0n) is 11.7. The second kappa shape index (κ2) is 6.05. The molecule has 1 unspecified atom stereocenters. The fourth-order valence-corrected chi connectivity index (χ4v) is 2.43. The van der Waals surface area contributed by atoms with Crippen LogP contribution in [0.5, 0.6) is 0 Å². The van der Waals surface area contributed by atoms with E-state index < -0.39 is 12.1 Å². The van der Waals surface area contributed by atoms with Crippen LogP contribution < -0.4 is 0 Å². The van der Waals surface area contributed by atoms with Crippen molar-refractivity contribution in [2.24, 2.45) is 0 Å². The number of morpholine rings is 1. The molecule has 5 heteroatoms. The van der Waals surface area contributed by atoms with Gasteiger partial charge in [-0.2, -0.15) is 0 Å². The second-order valence-corrected chi connectivity index (χ2v) is 5.15. The Morgan fingerprint density at radius 3 is 2.55 bits per heavy atom. The molecule has 20 heavy (non-hydrogen) atoms. The number of aliphatic carboxylic acids is 1. The number of hydrogen-bond acceptors (Lipinski definition) is 3. The van der Waals surface area contributed by atoms with Crippen LogP contribution in [-0.4, -0.2) is 47.2 Å². The molecule has 2 rings (SSSR count). The summed E-state index contributed by atoms with van der Waals surface area (Å²) in [7, 11) is 0. The SMILES string of the molecule is C[C@@H]1CN(C(=O)[C@@H](C)c2ccccc2)CC(C(=O)O)O1. The van der Waals surface area contributed by atoms with Crippen molar-refractivity contribution in [2.75, 3.05) is 13.1 Å². The molecule has 0 radical (unpaired) electrons. The summed E-state index contributed by atoms with van der Waals surface area (Å²) in [5, 5.41) is 9.05. The number of rotatable bonds is 3. The van der Waals surface area contributed by atoms with Gasteiger partial charge in [-0.15, -0.1) is 0 Å². The van der Waals surface area contributed by atoms with Gasteiger partial charge in [-0.1, -0.05) is 30.3 Å². The van der Waals surface area contributed by atoms with Crippen molar-refractivity contribution < 1.29 is 19.4 Å². The fraction of sp³-hybridized carbons (Fsp3) is 0.467. The molecule has 1 fully saturated rings. The Labute approximate surface area is 118 Å². The predicted molar refractivity (Wildman–Crippen MR) is 73.4 cm³/mol. The third kappa shape index (κ3) is 3.17. The molecule has 3 atom stereocenters. The number of ether oxygens (including phenoxy) is 1. The van der Waals surface area contributed by atoms with Crippen LogP contribution in [0.15, 0.2) is 30.3 Å². The minimum atomic E-state index is -1.03. The van der Waals surface area contributed by atoms with Gasteiger partial charge in [0.25, 0.3) is 0 Å². The number of nitrogens with zero attached hydrogens (tertiary/aromatic N) is 1. The monoisotopic (exact) mass is 277 g/mol. The summed E-state index contributed by atoms with van der Waals surface area (Å²) >= 11 is 0. The van der Waals surface area contributed by atoms with E-state index in [-0.39, 0.29) is 24.5 Å². The zero-order valence-corrected chi connectivity index (χ0v) is 11.7. The van der Waals surface area contributed by atoms with Gasteiger partial charge in [0, 0.05) is 6.54 Å². The van der Waals surface area contributed by atoms with Crippen molar-refractivity contribution in [3.63, 3.8) is 0 Å². The van der Waals surface area contributed by atoms with Crippen molar-refractivity contribution in [2.45, 2.75) is 32.0 Å². The van der Waals surface area contributed by atoms with E-state index >= 15 is 0 Å². The number of carboxylic acids is 1. The van der Waals surface area contributed by atoms with Crippen molar-refractivity contribution in [3.05, 3.63) is 35.9 Å². The van der Waals surface area contributed by atoms with Crippen molar-refractivity contribution >= 4 is 11.9 Å². The van der Waals surface area contributed by atoms with Crippen LogP contribution in [0.25, 0.3) is 0 Å². The molecule has 1 N–H and O–H groups in total. The molecule has 5 nitrogen and oxygen atoms in total. The quantitative estimate of drug-likeness (QED) is 0.909. The lowest BCUT2D eigenvalue weighted by Gasteiger charge is -2.36. The molecule has 1 aliphatic heterocycles. The van der Waals surface area contributed by atoms with Gasteiger partial charge >= 0.3 is 5.97 Å². The lowest BCUT2D eigenvalue weighted by molar-refractivity contribution is -0.166.